The summed E-state index contributed by atoms with van der Waals surface area (Å²) in [5.74, 6) is -0.917. The summed E-state index contributed by atoms with van der Waals surface area (Å²) in [7, 11) is 0. The lowest BCUT2D eigenvalue weighted by Crippen LogP contribution is -2.44. The predicted octanol–water partition coefficient (Wildman–Crippen LogP) is 2.43. The Bertz CT molecular complexity index is 736. The Morgan fingerprint density at radius 2 is 2.00 bits per heavy atom. The summed E-state index contributed by atoms with van der Waals surface area (Å²) >= 11 is 1.36. The number of amides is 3. The maximum absolute atomic E-state index is 12.5. The topological polar surface area (TPSA) is 92.8 Å². The van der Waals surface area contributed by atoms with Gasteiger partial charge in [-0.15, -0.1) is 11.3 Å². The van der Waals surface area contributed by atoms with E-state index >= 15 is 0 Å². The number of Topliss-reactive ketones (excluding diaryl/α,β-unsaturated/α-hetero) is 1. The van der Waals surface area contributed by atoms with Crippen molar-refractivity contribution in [3.8, 4) is 0 Å². The van der Waals surface area contributed by atoms with E-state index in [1.54, 1.807) is 6.07 Å². The molecule has 0 aromatic carbocycles. The molecule has 3 rings (SSSR count). The van der Waals surface area contributed by atoms with Gasteiger partial charge in [0.25, 0.3) is 5.91 Å². The molecule has 2 fully saturated rings. The smallest absolute Gasteiger partial charge is 0.325 e. The zero-order valence-electron chi connectivity index (χ0n) is 14.7. The molecule has 2 heterocycles. The first-order valence-corrected chi connectivity index (χ1v) is 9.62. The van der Waals surface area contributed by atoms with Gasteiger partial charge in [-0.2, -0.15) is 0 Å². The van der Waals surface area contributed by atoms with E-state index < -0.39 is 11.5 Å². The van der Waals surface area contributed by atoms with Gasteiger partial charge in [0.15, 0.2) is 6.61 Å². The molecular formula is C18H22N2O5S. The van der Waals surface area contributed by atoms with Crippen molar-refractivity contribution in [1.82, 2.24) is 10.2 Å². The van der Waals surface area contributed by atoms with E-state index in [-0.39, 0.29) is 37.3 Å². The van der Waals surface area contributed by atoms with Crippen LogP contribution >= 0.6 is 11.3 Å². The van der Waals surface area contributed by atoms with E-state index in [4.69, 9.17) is 4.74 Å². The molecule has 0 atom stereocenters. The van der Waals surface area contributed by atoms with Gasteiger partial charge >= 0.3 is 12.0 Å². The van der Waals surface area contributed by atoms with Gasteiger partial charge in [-0.05, 0) is 38.3 Å². The molecule has 1 saturated carbocycles. The molecule has 1 aromatic heterocycles. The van der Waals surface area contributed by atoms with Crippen molar-refractivity contribution in [1.29, 1.82) is 0 Å². The summed E-state index contributed by atoms with van der Waals surface area (Å²) in [6.07, 6.45) is 3.61. The number of hydrogen-bond donors (Lipinski definition) is 1. The highest BCUT2D eigenvalue weighted by molar-refractivity contribution is 7.14. The van der Waals surface area contributed by atoms with Gasteiger partial charge in [-0.1, -0.05) is 12.8 Å². The van der Waals surface area contributed by atoms with Gasteiger partial charge in [0.1, 0.15) is 5.54 Å². The Balaban J connectivity index is 1.40. The average Bonchev–Trinajstić information content (AvgIpc) is 3.30. The highest BCUT2D eigenvalue weighted by Crippen LogP contribution is 2.35. The Hall–Kier alpha value is -2.22. The van der Waals surface area contributed by atoms with Crippen molar-refractivity contribution in [3.63, 3.8) is 0 Å². The number of nitrogens with zero attached hydrogens (tertiary/aromatic N) is 1. The van der Waals surface area contributed by atoms with E-state index in [0.29, 0.717) is 24.1 Å². The van der Waals surface area contributed by atoms with E-state index in [9.17, 15) is 19.2 Å². The Kier molecular flexibility index (Phi) is 5.41. The molecule has 3 amide bonds. The summed E-state index contributed by atoms with van der Waals surface area (Å²) < 4.78 is 4.99. The number of rotatable bonds is 7. The van der Waals surface area contributed by atoms with Crippen LogP contribution in [-0.2, 0) is 14.3 Å². The molecule has 1 aliphatic carbocycles. The molecule has 2 aliphatic rings. The second kappa shape index (κ2) is 7.57. The zero-order valence-corrected chi connectivity index (χ0v) is 15.5. The second-order valence-corrected chi connectivity index (χ2v) is 8.06. The van der Waals surface area contributed by atoms with Crippen LogP contribution in [0.2, 0.25) is 0 Å². The average molecular weight is 378 g/mol. The van der Waals surface area contributed by atoms with Gasteiger partial charge in [0.2, 0.25) is 5.78 Å². The van der Waals surface area contributed by atoms with Crippen molar-refractivity contribution in [2.75, 3.05) is 13.2 Å². The highest BCUT2D eigenvalue weighted by atomic mass is 32.1. The Morgan fingerprint density at radius 1 is 1.27 bits per heavy atom. The van der Waals surface area contributed by atoms with Crippen LogP contribution in [0.3, 0.4) is 0 Å². The number of thiophene rings is 1. The molecule has 0 radical (unpaired) electrons. The van der Waals surface area contributed by atoms with Crippen LogP contribution in [0.1, 0.15) is 53.1 Å². The summed E-state index contributed by atoms with van der Waals surface area (Å²) in [5.41, 5.74) is -0.719. The first kappa shape index (κ1) is 18.6. The van der Waals surface area contributed by atoms with Crippen molar-refractivity contribution >= 4 is 35.0 Å². The molecule has 1 spiro atoms. The van der Waals surface area contributed by atoms with Crippen LogP contribution in [0.15, 0.2) is 12.1 Å². The molecule has 1 aliphatic heterocycles. The lowest BCUT2D eigenvalue weighted by molar-refractivity contribution is -0.143. The lowest BCUT2D eigenvalue weighted by Gasteiger charge is -2.19. The number of esters is 1. The molecule has 0 unspecified atom stereocenters. The minimum atomic E-state index is -0.719. The number of carbonyl (C=O) groups excluding carboxylic acids is 4. The van der Waals surface area contributed by atoms with Crippen molar-refractivity contribution < 1.29 is 23.9 Å². The molecule has 1 saturated heterocycles. The van der Waals surface area contributed by atoms with Gasteiger partial charge in [0, 0.05) is 17.8 Å². The normalized spacial score (nSPS) is 18.4. The van der Waals surface area contributed by atoms with E-state index in [1.807, 2.05) is 13.0 Å². The van der Waals surface area contributed by atoms with Gasteiger partial charge in [-0.3, -0.25) is 19.3 Å². The maximum Gasteiger partial charge on any atom is 0.325 e. The van der Waals surface area contributed by atoms with Crippen molar-refractivity contribution in [2.45, 2.75) is 51.0 Å². The van der Waals surface area contributed by atoms with Crippen LogP contribution in [0.5, 0.6) is 0 Å². The molecule has 7 nitrogen and oxygen atoms in total. The van der Waals surface area contributed by atoms with Crippen LogP contribution in [-0.4, -0.2) is 47.3 Å². The third kappa shape index (κ3) is 3.80. The highest BCUT2D eigenvalue weighted by Gasteiger charge is 2.52. The quantitative estimate of drug-likeness (QED) is 0.447. The molecule has 1 aromatic rings. The fourth-order valence-electron chi connectivity index (χ4n) is 3.45. The summed E-state index contributed by atoms with van der Waals surface area (Å²) in [6.45, 7) is 1.80. The van der Waals surface area contributed by atoms with Gasteiger partial charge < -0.3 is 10.1 Å². The molecule has 8 heteroatoms. The fourth-order valence-corrected chi connectivity index (χ4v) is 4.24. The molecular weight excluding hydrogens is 356 g/mol. The Labute approximate surface area is 155 Å². The first-order chi connectivity index (χ1) is 12.4. The number of hydrogen-bond acceptors (Lipinski definition) is 6. The minimum absolute atomic E-state index is 0.0564. The van der Waals surface area contributed by atoms with E-state index in [0.717, 1.165) is 17.7 Å². The molecule has 26 heavy (non-hydrogen) atoms. The maximum atomic E-state index is 12.5. The zero-order chi connectivity index (χ0) is 18.7. The standard InChI is InChI=1S/C18H22N2O5S/c1-12-6-7-14(26-12)13(21)11-25-15(22)5-4-10-20-16(23)18(19-17(20)24)8-2-3-9-18/h6-7H,2-5,8-11H2,1H3,(H,19,24). The first-order valence-electron chi connectivity index (χ1n) is 8.81. The number of ketones is 1. The Morgan fingerprint density at radius 3 is 2.65 bits per heavy atom. The van der Waals surface area contributed by atoms with Crippen molar-refractivity contribution in [2.24, 2.45) is 0 Å². The molecule has 1 N–H and O–H groups in total. The van der Waals surface area contributed by atoms with Crippen LogP contribution in [0.25, 0.3) is 0 Å². The number of aryl methyl sites for hydroxylation is 1. The number of carbonyl (C=O) groups is 4. The second-order valence-electron chi connectivity index (χ2n) is 6.77. The number of imide groups is 1. The van der Waals surface area contributed by atoms with Crippen molar-refractivity contribution in [3.05, 3.63) is 21.9 Å². The number of urea groups is 1. The third-order valence-electron chi connectivity index (χ3n) is 4.85. The van der Waals surface area contributed by atoms with Crippen LogP contribution in [0, 0.1) is 6.92 Å². The summed E-state index contributed by atoms with van der Waals surface area (Å²) in [6, 6.07) is 3.18. The van der Waals surface area contributed by atoms with Crippen LogP contribution in [0.4, 0.5) is 4.79 Å². The van der Waals surface area contributed by atoms with Gasteiger partial charge in [0.05, 0.1) is 4.88 Å². The summed E-state index contributed by atoms with van der Waals surface area (Å²) in [5, 5.41) is 2.81. The monoisotopic (exact) mass is 378 g/mol. The predicted molar refractivity (Wildman–Crippen MR) is 95.0 cm³/mol. The SMILES string of the molecule is Cc1ccc(C(=O)COC(=O)CCCN2C(=O)NC3(CCCC3)C2=O)s1. The minimum Gasteiger partial charge on any atom is -0.457 e. The summed E-state index contributed by atoms with van der Waals surface area (Å²) in [4.78, 5) is 51.0. The van der Waals surface area contributed by atoms with E-state index in [1.165, 1.54) is 16.2 Å². The van der Waals surface area contributed by atoms with Crippen LogP contribution < -0.4 is 5.32 Å². The van der Waals surface area contributed by atoms with Gasteiger partial charge in [-0.25, -0.2) is 4.79 Å². The number of ether oxygens (including phenoxy) is 1. The largest absolute Gasteiger partial charge is 0.457 e. The third-order valence-corrected chi connectivity index (χ3v) is 5.89. The lowest BCUT2D eigenvalue weighted by atomic mass is 9.98. The number of nitrogens with one attached hydrogen (secondary N) is 1. The molecule has 140 valence electrons. The fraction of sp³-hybridized carbons (Fsp3) is 0.556. The molecule has 0 bridgehead atoms. The van der Waals surface area contributed by atoms with E-state index in [2.05, 4.69) is 5.32 Å².